The van der Waals surface area contributed by atoms with Gasteiger partial charge in [-0.1, -0.05) is 50.2 Å². The number of alkyl halides is 1. The van der Waals surface area contributed by atoms with E-state index in [1.165, 1.54) is 4.90 Å². The highest BCUT2D eigenvalue weighted by atomic mass is 19.1. The van der Waals surface area contributed by atoms with Crippen LogP contribution in [0.25, 0.3) is 0 Å². The van der Waals surface area contributed by atoms with Crippen molar-refractivity contribution in [2.24, 2.45) is 0 Å². The lowest BCUT2D eigenvalue weighted by molar-refractivity contribution is -0.138. The van der Waals surface area contributed by atoms with Crippen LogP contribution in [-0.4, -0.2) is 50.7 Å². The van der Waals surface area contributed by atoms with Crippen molar-refractivity contribution >= 4 is 11.8 Å². The fraction of sp³-hybridized carbons (Fsp3) is 0.407. The molecule has 0 saturated carbocycles. The lowest BCUT2D eigenvalue weighted by atomic mass is 10.00. The Labute approximate surface area is 205 Å². The molecule has 3 atom stereocenters. The standard InChI is InChI=1S/C27H32FN5O2/c1-16(2)20-10-11-23(29-14-20)26(19-8-6-5-7-9-19)30-27(35)24-12-21(28)15-33(24)25(34)13-22-17(3)31-32-18(22)4/h5-11,14,16,21,24,26H,12-13,15H2,1-4H3,(H,30,35)(H,31,32)/t21-,24+,26+/m1/s1. The minimum Gasteiger partial charge on any atom is -0.342 e. The van der Waals surface area contributed by atoms with E-state index in [1.807, 2.05) is 62.5 Å². The second-order valence-electron chi connectivity index (χ2n) is 9.51. The second-order valence-corrected chi connectivity index (χ2v) is 9.51. The highest BCUT2D eigenvalue weighted by Crippen LogP contribution is 2.26. The molecule has 184 valence electrons. The third-order valence-electron chi connectivity index (χ3n) is 6.67. The smallest absolute Gasteiger partial charge is 0.243 e. The minimum absolute atomic E-state index is 0.0256. The Hall–Kier alpha value is -3.55. The zero-order valence-electron chi connectivity index (χ0n) is 20.6. The van der Waals surface area contributed by atoms with Gasteiger partial charge < -0.3 is 10.2 Å². The molecule has 0 bridgehead atoms. The Morgan fingerprint density at radius 2 is 1.89 bits per heavy atom. The summed E-state index contributed by atoms with van der Waals surface area (Å²) in [6, 6.07) is 12.1. The van der Waals surface area contributed by atoms with Crippen LogP contribution in [0.1, 0.15) is 66.0 Å². The molecule has 7 nitrogen and oxygen atoms in total. The number of hydrogen-bond donors (Lipinski definition) is 2. The first kappa shape index (κ1) is 24.6. The molecule has 0 unspecified atom stereocenters. The first-order valence-electron chi connectivity index (χ1n) is 12.0. The van der Waals surface area contributed by atoms with E-state index >= 15 is 0 Å². The van der Waals surface area contributed by atoms with Gasteiger partial charge >= 0.3 is 0 Å². The Bertz CT molecular complexity index is 1160. The molecule has 2 aromatic heterocycles. The molecule has 3 heterocycles. The molecule has 2 amide bonds. The van der Waals surface area contributed by atoms with E-state index in [9.17, 15) is 14.0 Å². The van der Waals surface area contributed by atoms with Crippen LogP contribution in [-0.2, 0) is 16.0 Å². The number of H-pyrrole nitrogens is 1. The molecule has 1 fully saturated rings. The Morgan fingerprint density at radius 1 is 1.14 bits per heavy atom. The fourth-order valence-electron chi connectivity index (χ4n) is 4.54. The van der Waals surface area contributed by atoms with Crippen molar-refractivity contribution in [3.8, 4) is 0 Å². The van der Waals surface area contributed by atoms with Crippen LogP contribution in [0.3, 0.4) is 0 Å². The molecule has 0 radical (unpaired) electrons. The maximum Gasteiger partial charge on any atom is 0.243 e. The summed E-state index contributed by atoms with van der Waals surface area (Å²) >= 11 is 0. The predicted octanol–water partition coefficient (Wildman–Crippen LogP) is 3.93. The number of aryl methyl sites for hydroxylation is 2. The van der Waals surface area contributed by atoms with Gasteiger partial charge in [-0.25, -0.2) is 4.39 Å². The summed E-state index contributed by atoms with van der Waals surface area (Å²) < 4.78 is 14.5. The number of pyridine rings is 1. The number of carbonyl (C=O) groups is 2. The molecule has 1 saturated heterocycles. The molecule has 1 aromatic carbocycles. The lowest BCUT2D eigenvalue weighted by Crippen LogP contribution is -2.47. The number of rotatable bonds is 7. The summed E-state index contributed by atoms with van der Waals surface area (Å²) in [6.07, 6.45) is 0.619. The SMILES string of the molecule is Cc1n[nH]c(C)c1CC(=O)N1C[C@H](F)C[C@H]1C(=O)N[C@@H](c1ccccc1)c1ccc(C(C)C)cn1. The molecule has 1 aliphatic heterocycles. The first-order chi connectivity index (χ1) is 16.7. The normalized spacial score (nSPS) is 18.6. The van der Waals surface area contributed by atoms with Gasteiger partial charge in [0.1, 0.15) is 12.2 Å². The van der Waals surface area contributed by atoms with Gasteiger partial charge in [-0.2, -0.15) is 5.10 Å². The number of hydrogen-bond acceptors (Lipinski definition) is 4. The van der Waals surface area contributed by atoms with Gasteiger partial charge in [0.2, 0.25) is 11.8 Å². The van der Waals surface area contributed by atoms with E-state index in [0.29, 0.717) is 11.6 Å². The number of aromatic amines is 1. The van der Waals surface area contributed by atoms with Crippen LogP contribution in [0.4, 0.5) is 4.39 Å². The Balaban J connectivity index is 1.56. The van der Waals surface area contributed by atoms with Crippen molar-refractivity contribution in [1.29, 1.82) is 0 Å². The number of likely N-dealkylation sites (tertiary alicyclic amines) is 1. The highest BCUT2D eigenvalue weighted by molar-refractivity contribution is 5.89. The number of nitrogens with one attached hydrogen (secondary N) is 2. The van der Waals surface area contributed by atoms with Crippen LogP contribution in [0, 0.1) is 13.8 Å². The molecule has 4 rings (SSSR count). The maximum atomic E-state index is 14.5. The first-order valence-corrected chi connectivity index (χ1v) is 12.0. The Kier molecular flexibility index (Phi) is 7.28. The number of amides is 2. The van der Waals surface area contributed by atoms with Crippen molar-refractivity contribution in [3.05, 3.63) is 82.4 Å². The number of nitrogens with zero attached hydrogens (tertiary/aromatic N) is 3. The molecule has 0 aliphatic carbocycles. The molecule has 3 aromatic rings. The average Bonchev–Trinajstić information content (AvgIpc) is 3.40. The molecule has 0 spiro atoms. The van der Waals surface area contributed by atoms with Crippen LogP contribution in [0.5, 0.6) is 0 Å². The summed E-state index contributed by atoms with van der Waals surface area (Å²) in [5.41, 5.74) is 4.97. The van der Waals surface area contributed by atoms with Gasteiger partial charge in [0.25, 0.3) is 0 Å². The van der Waals surface area contributed by atoms with Crippen molar-refractivity contribution in [3.63, 3.8) is 0 Å². The summed E-state index contributed by atoms with van der Waals surface area (Å²) in [7, 11) is 0. The topological polar surface area (TPSA) is 91.0 Å². The summed E-state index contributed by atoms with van der Waals surface area (Å²) in [5.74, 6) is -0.334. The number of halogens is 1. The second kappa shape index (κ2) is 10.4. The minimum atomic E-state index is -1.25. The van der Waals surface area contributed by atoms with Crippen molar-refractivity contribution in [1.82, 2.24) is 25.4 Å². The summed E-state index contributed by atoms with van der Waals surface area (Å²) in [5, 5.41) is 10.0. The molecule has 8 heteroatoms. The van der Waals surface area contributed by atoms with E-state index < -0.39 is 18.3 Å². The van der Waals surface area contributed by atoms with Crippen LogP contribution in [0.2, 0.25) is 0 Å². The Morgan fingerprint density at radius 3 is 2.49 bits per heavy atom. The fourth-order valence-corrected chi connectivity index (χ4v) is 4.54. The average molecular weight is 478 g/mol. The van der Waals surface area contributed by atoms with E-state index in [2.05, 4.69) is 34.3 Å². The van der Waals surface area contributed by atoms with E-state index in [4.69, 9.17) is 0 Å². The van der Waals surface area contributed by atoms with Gasteiger partial charge in [-0.3, -0.25) is 19.7 Å². The predicted molar refractivity (Wildman–Crippen MR) is 132 cm³/mol. The van der Waals surface area contributed by atoms with Crippen molar-refractivity contribution in [2.75, 3.05) is 6.54 Å². The molecule has 1 aliphatic rings. The van der Waals surface area contributed by atoms with E-state index in [1.54, 1.807) is 0 Å². The highest BCUT2D eigenvalue weighted by Gasteiger charge is 2.40. The van der Waals surface area contributed by atoms with Crippen LogP contribution < -0.4 is 5.32 Å². The van der Waals surface area contributed by atoms with Gasteiger partial charge in [-0.05, 0) is 37.0 Å². The van der Waals surface area contributed by atoms with Gasteiger partial charge in [-0.15, -0.1) is 0 Å². The molecule has 35 heavy (non-hydrogen) atoms. The van der Waals surface area contributed by atoms with Crippen LogP contribution in [0.15, 0.2) is 48.7 Å². The van der Waals surface area contributed by atoms with Crippen LogP contribution >= 0.6 is 0 Å². The summed E-state index contributed by atoms with van der Waals surface area (Å²) in [4.78, 5) is 32.6. The van der Waals surface area contributed by atoms with E-state index in [0.717, 1.165) is 28.1 Å². The zero-order valence-corrected chi connectivity index (χ0v) is 20.6. The summed E-state index contributed by atoms with van der Waals surface area (Å²) in [6.45, 7) is 7.76. The van der Waals surface area contributed by atoms with Crippen molar-refractivity contribution < 1.29 is 14.0 Å². The maximum absolute atomic E-state index is 14.5. The van der Waals surface area contributed by atoms with E-state index in [-0.39, 0.29) is 31.2 Å². The monoisotopic (exact) mass is 477 g/mol. The quantitative estimate of drug-likeness (QED) is 0.539. The van der Waals surface area contributed by atoms with Crippen molar-refractivity contribution in [2.45, 2.75) is 64.7 Å². The lowest BCUT2D eigenvalue weighted by Gasteiger charge is -2.27. The number of benzene rings is 1. The van der Waals surface area contributed by atoms with Gasteiger partial charge in [0.15, 0.2) is 0 Å². The zero-order chi connectivity index (χ0) is 25.1. The van der Waals surface area contributed by atoms with Gasteiger partial charge in [0.05, 0.1) is 30.4 Å². The number of aromatic nitrogens is 3. The molecular weight excluding hydrogens is 445 g/mol. The number of carbonyl (C=O) groups excluding carboxylic acids is 2. The third-order valence-corrected chi connectivity index (χ3v) is 6.67. The molecule has 2 N–H and O–H groups in total. The largest absolute Gasteiger partial charge is 0.342 e. The van der Waals surface area contributed by atoms with Gasteiger partial charge in [0, 0.05) is 23.9 Å². The third kappa shape index (κ3) is 5.42. The molecular formula is C27H32FN5O2.